The Morgan fingerprint density at radius 3 is 2.71 bits per heavy atom. The number of ether oxygens (including phenoxy) is 2. The molecule has 3 rings (SSSR count). The van der Waals surface area contributed by atoms with Gasteiger partial charge in [0.15, 0.2) is 0 Å². The third kappa shape index (κ3) is 2.27. The summed E-state index contributed by atoms with van der Waals surface area (Å²) in [4.78, 5) is 25.7. The Morgan fingerprint density at radius 1 is 1.29 bits per heavy atom. The number of carbonyl (C=O) groups excluding carboxylic acids is 2. The molecule has 2 aliphatic rings. The van der Waals surface area contributed by atoms with E-state index in [-0.39, 0.29) is 31.5 Å². The van der Waals surface area contributed by atoms with Crippen molar-refractivity contribution in [2.45, 2.75) is 6.04 Å². The number of cyclic esters (lactones) is 2. The van der Waals surface area contributed by atoms with Crippen LogP contribution in [-0.4, -0.2) is 44.5 Å². The molecule has 1 unspecified atom stereocenters. The molecule has 2 aliphatic heterocycles. The molecule has 1 aromatic carbocycles. The number of amides is 2. The minimum absolute atomic E-state index is 0.123. The largest absolute Gasteiger partial charge is 0.447 e. The van der Waals surface area contributed by atoms with E-state index in [1.54, 1.807) is 6.07 Å². The fourth-order valence-corrected chi connectivity index (χ4v) is 2.43. The quantitative estimate of drug-likeness (QED) is 0.901. The van der Waals surface area contributed by atoms with Crippen molar-refractivity contribution < 1.29 is 23.5 Å². The highest BCUT2D eigenvalue weighted by molar-refractivity contribution is 5.92. The molecule has 7 nitrogen and oxygen atoms in total. The van der Waals surface area contributed by atoms with Crippen LogP contribution in [0.5, 0.6) is 0 Å². The summed E-state index contributed by atoms with van der Waals surface area (Å²) in [5.74, 6) is -0.609. The van der Waals surface area contributed by atoms with Gasteiger partial charge in [0.2, 0.25) is 0 Å². The molecular weight excluding hydrogens is 281 g/mol. The number of halogens is 1. The maximum atomic E-state index is 14.2. The van der Waals surface area contributed by atoms with Gasteiger partial charge < -0.3 is 15.2 Å². The fraction of sp³-hybridized carbons (Fsp3) is 0.385. The molecule has 2 N–H and O–H groups in total. The monoisotopic (exact) mass is 295 g/mol. The third-order valence-corrected chi connectivity index (χ3v) is 3.49. The smallest absolute Gasteiger partial charge is 0.414 e. The number of nitrogens with zero attached hydrogens (tertiary/aromatic N) is 2. The maximum Gasteiger partial charge on any atom is 0.414 e. The number of benzene rings is 1. The van der Waals surface area contributed by atoms with Crippen molar-refractivity contribution in [1.82, 2.24) is 0 Å². The molecule has 1 atom stereocenters. The maximum absolute atomic E-state index is 14.2. The highest BCUT2D eigenvalue weighted by Gasteiger charge is 2.34. The highest BCUT2D eigenvalue weighted by Crippen LogP contribution is 2.29. The number of hydrogen-bond donors (Lipinski definition) is 1. The summed E-state index contributed by atoms with van der Waals surface area (Å²) >= 11 is 0. The van der Waals surface area contributed by atoms with Gasteiger partial charge in [0.1, 0.15) is 19.0 Å². The zero-order chi connectivity index (χ0) is 15.0. The van der Waals surface area contributed by atoms with Crippen LogP contribution in [0, 0.1) is 5.82 Å². The van der Waals surface area contributed by atoms with E-state index < -0.39 is 18.0 Å². The van der Waals surface area contributed by atoms with Gasteiger partial charge >= 0.3 is 12.2 Å². The van der Waals surface area contributed by atoms with Gasteiger partial charge in [0.25, 0.3) is 0 Å². The summed E-state index contributed by atoms with van der Waals surface area (Å²) in [6, 6.07) is 3.87. The van der Waals surface area contributed by atoms with Crippen molar-refractivity contribution in [3.8, 4) is 0 Å². The average molecular weight is 295 g/mol. The average Bonchev–Trinajstić information content (AvgIpc) is 3.04. The van der Waals surface area contributed by atoms with Crippen LogP contribution in [0.1, 0.15) is 0 Å². The van der Waals surface area contributed by atoms with Gasteiger partial charge in [0, 0.05) is 6.54 Å². The zero-order valence-corrected chi connectivity index (χ0v) is 11.1. The van der Waals surface area contributed by atoms with Gasteiger partial charge in [-0.25, -0.2) is 14.0 Å². The second-order valence-electron chi connectivity index (χ2n) is 4.74. The van der Waals surface area contributed by atoms with E-state index >= 15 is 0 Å². The zero-order valence-electron chi connectivity index (χ0n) is 11.1. The molecule has 21 heavy (non-hydrogen) atoms. The number of rotatable bonds is 3. The second-order valence-corrected chi connectivity index (χ2v) is 4.74. The molecule has 0 spiro atoms. The highest BCUT2D eigenvalue weighted by atomic mass is 19.1. The Labute approximate surface area is 120 Å². The molecule has 2 fully saturated rings. The van der Waals surface area contributed by atoms with Gasteiger partial charge in [0.05, 0.1) is 24.0 Å². The van der Waals surface area contributed by atoms with E-state index in [9.17, 15) is 14.0 Å². The molecule has 1 aromatic rings. The molecule has 0 aromatic heterocycles. The molecule has 0 aliphatic carbocycles. The lowest BCUT2D eigenvalue weighted by Gasteiger charge is -2.21. The Morgan fingerprint density at radius 2 is 2.10 bits per heavy atom. The van der Waals surface area contributed by atoms with Crippen LogP contribution in [0.15, 0.2) is 18.2 Å². The summed E-state index contributed by atoms with van der Waals surface area (Å²) in [6.07, 6.45) is -1.14. The van der Waals surface area contributed by atoms with Crippen LogP contribution in [0.2, 0.25) is 0 Å². The molecule has 112 valence electrons. The van der Waals surface area contributed by atoms with Gasteiger partial charge in [-0.15, -0.1) is 0 Å². The predicted octanol–water partition coefficient (Wildman–Crippen LogP) is 1.07. The lowest BCUT2D eigenvalue weighted by Crippen LogP contribution is -2.39. The van der Waals surface area contributed by atoms with Crippen molar-refractivity contribution in [2.24, 2.45) is 5.73 Å². The first-order valence-electron chi connectivity index (χ1n) is 6.51. The minimum atomic E-state index is -0.609. The Balaban J connectivity index is 1.90. The minimum Gasteiger partial charge on any atom is -0.447 e. The number of carbonyl (C=O) groups is 2. The van der Waals surface area contributed by atoms with Gasteiger partial charge in [-0.05, 0) is 18.2 Å². The molecule has 8 heteroatoms. The second kappa shape index (κ2) is 5.21. The van der Waals surface area contributed by atoms with E-state index in [0.29, 0.717) is 12.2 Å². The summed E-state index contributed by atoms with van der Waals surface area (Å²) in [6.45, 7) is 0.921. The predicted molar refractivity (Wildman–Crippen MR) is 71.8 cm³/mol. The molecular formula is C13H14FN3O4. The Hall–Kier alpha value is -2.35. The first-order chi connectivity index (χ1) is 10.1. The van der Waals surface area contributed by atoms with Crippen molar-refractivity contribution in [2.75, 3.05) is 36.1 Å². The van der Waals surface area contributed by atoms with Crippen LogP contribution in [-0.2, 0) is 9.47 Å². The lowest BCUT2D eigenvalue weighted by atomic mass is 10.2. The fourth-order valence-electron chi connectivity index (χ4n) is 2.43. The Bertz CT molecular complexity index is 595. The number of nitrogens with two attached hydrogens (primary N) is 1. The van der Waals surface area contributed by atoms with Crippen molar-refractivity contribution in [3.63, 3.8) is 0 Å². The normalized spacial score (nSPS) is 21.7. The topological polar surface area (TPSA) is 85.1 Å². The van der Waals surface area contributed by atoms with Crippen LogP contribution >= 0.6 is 0 Å². The van der Waals surface area contributed by atoms with Crippen LogP contribution in [0.4, 0.5) is 25.4 Å². The van der Waals surface area contributed by atoms with Crippen LogP contribution in [0.25, 0.3) is 0 Å². The van der Waals surface area contributed by atoms with Crippen LogP contribution in [0.3, 0.4) is 0 Å². The van der Waals surface area contributed by atoms with E-state index in [1.807, 2.05) is 0 Å². The SMILES string of the molecule is NCC1COC(=O)N1c1ccc(N2CCOC2=O)c(F)c1. The van der Waals surface area contributed by atoms with Gasteiger partial charge in [-0.1, -0.05) is 0 Å². The van der Waals surface area contributed by atoms with Gasteiger partial charge in [-0.3, -0.25) is 9.80 Å². The van der Waals surface area contributed by atoms with E-state index in [4.69, 9.17) is 15.2 Å². The molecule has 2 heterocycles. The molecule has 2 amide bonds. The Kier molecular flexibility index (Phi) is 3.38. The van der Waals surface area contributed by atoms with Crippen LogP contribution < -0.4 is 15.5 Å². The first kappa shape index (κ1) is 13.6. The van der Waals surface area contributed by atoms with Crippen molar-refractivity contribution in [1.29, 1.82) is 0 Å². The van der Waals surface area contributed by atoms with Gasteiger partial charge in [-0.2, -0.15) is 0 Å². The third-order valence-electron chi connectivity index (χ3n) is 3.49. The summed E-state index contributed by atoms with van der Waals surface area (Å²) < 4.78 is 23.9. The first-order valence-corrected chi connectivity index (χ1v) is 6.51. The number of anilines is 2. The van der Waals surface area contributed by atoms with E-state index in [2.05, 4.69) is 0 Å². The standard InChI is InChI=1S/C13H14FN3O4/c14-10-5-8(17-9(6-15)7-21-13(17)19)1-2-11(10)16-3-4-20-12(16)18/h1-2,5,9H,3-4,6-7,15H2. The van der Waals surface area contributed by atoms with Crippen molar-refractivity contribution in [3.05, 3.63) is 24.0 Å². The molecule has 2 saturated heterocycles. The summed E-state index contributed by atoms with van der Waals surface area (Å²) in [7, 11) is 0. The van der Waals surface area contributed by atoms with Crippen molar-refractivity contribution >= 4 is 23.6 Å². The van der Waals surface area contributed by atoms with E-state index in [1.165, 1.54) is 21.9 Å². The molecule has 0 radical (unpaired) electrons. The van der Waals surface area contributed by atoms with E-state index in [0.717, 1.165) is 0 Å². The number of hydrogen-bond acceptors (Lipinski definition) is 5. The summed E-state index contributed by atoms with van der Waals surface area (Å²) in [5, 5.41) is 0. The molecule has 0 saturated carbocycles. The summed E-state index contributed by atoms with van der Waals surface area (Å²) in [5.41, 5.74) is 6.04. The molecule has 0 bridgehead atoms. The lowest BCUT2D eigenvalue weighted by molar-refractivity contribution is 0.178.